The molecule has 26 heavy (non-hydrogen) atoms. The van der Waals surface area contributed by atoms with Crippen LogP contribution in [0.25, 0.3) is 0 Å². The summed E-state index contributed by atoms with van der Waals surface area (Å²) in [5.74, 6) is 1.35. The predicted molar refractivity (Wildman–Crippen MR) is 110 cm³/mol. The van der Waals surface area contributed by atoms with Gasteiger partial charge in [0.05, 0.1) is 0 Å². The highest BCUT2D eigenvalue weighted by atomic mass is 15.1. The highest BCUT2D eigenvalue weighted by molar-refractivity contribution is 5.62. The Balaban J connectivity index is 1.75. The number of rotatable bonds is 7. The van der Waals surface area contributed by atoms with E-state index in [1.54, 1.807) is 0 Å². The first-order valence-corrected chi connectivity index (χ1v) is 8.97. The van der Waals surface area contributed by atoms with Gasteiger partial charge in [0.15, 0.2) is 0 Å². The lowest BCUT2D eigenvalue weighted by molar-refractivity contribution is 0.866. The molecule has 3 rings (SSSR count). The van der Waals surface area contributed by atoms with E-state index in [1.807, 2.05) is 43.3 Å². The molecule has 0 unspecified atom stereocenters. The van der Waals surface area contributed by atoms with E-state index < -0.39 is 0 Å². The van der Waals surface area contributed by atoms with Crippen molar-refractivity contribution in [2.24, 2.45) is 0 Å². The van der Waals surface area contributed by atoms with E-state index in [2.05, 4.69) is 63.6 Å². The molecule has 0 aliphatic heterocycles. The second-order valence-corrected chi connectivity index (χ2v) is 6.05. The van der Waals surface area contributed by atoms with Crippen molar-refractivity contribution in [2.45, 2.75) is 20.8 Å². The number of anilines is 5. The Labute approximate surface area is 155 Å². The van der Waals surface area contributed by atoms with Crippen molar-refractivity contribution in [1.29, 1.82) is 0 Å². The quantitative estimate of drug-likeness (QED) is 0.621. The molecule has 1 aromatic heterocycles. The number of aryl methyl sites for hydroxylation is 1. The highest BCUT2D eigenvalue weighted by Gasteiger charge is 2.05. The number of benzene rings is 2. The van der Waals surface area contributed by atoms with E-state index in [0.717, 1.165) is 36.0 Å². The Morgan fingerprint density at radius 3 is 2.12 bits per heavy atom. The van der Waals surface area contributed by atoms with Gasteiger partial charge >= 0.3 is 0 Å². The monoisotopic (exact) mass is 347 g/mol. The van der Waals surface area contributed by atoms with Crippen LogP contribution in [-0.4, -0.2) is 23.1 Å². The van der Waals surface area contributed by atoms with Gasteiger partial charge in [0, 0.05) is 41.9 Å². The van der Waals surface area contributed by atoms with Crippen LogP contribution in [0.4, 0.5) is 28.8 Å². The largest absolute Gasteiger partial charge is 0.372 e. The van der Waals surface area contributed by atoms with Gasteiger partial charge in [0.25, 0.3) is 0 Å². The summed E-state index contributed by atoms with van der Waals surface area (Å²) in [7, 11) is 0. The maximum Gasteiger partial charge on any atom is 0.229 e. The number of hydrogen-bond donors (Lipinski definition) is 2. The van der Waals surface area contributed by atoms with E-state index in [-0.39, 0.29) is 0 Å². The van der Waals surface area contributed by atoms with Crippen LogP contribution in [0.1, 0.15) is 19.5 Å². The van der Waals surface area contributed by atoms with E-state index in [0.29, 0.717) is 5.95 Å². The molecule has 0 bridgehead atoms. The zero-order valence-electron chi connectivity index (χ0n) is 15.5. The Morgan fingerprint density at radius 1 is 0.808 bits per heavy atom. The molecule has 1 heterocycles. The third kappa shape index (κ3) is 4.51. The Bertz CT molecular complexity index is 827. The van der Waals surface area contributed by atoms with Crippen LogP contribution in [0.2, 0.25) is 0 Å². The maximum atomic E-state index is 4.57. The topological polar surface area (TPSA) is 53.1 Å². The van der Waals surface area contributed by atoms with Gasteiger partial charge in [-0.2, -0.15) is 4.98 Å². The number of nitrogens with zero attached hydrogens (tertiary/aromatic N) is 3. The number of para-hydroxylation sites is 1. The van der Waals surface area contributed by atoms with Crippen molar-refractivity contribution in [3.05, 3.63) is 66.4 Å². The summed E-state index contributed by atoms with van der Waals surface area (Å²) in [5.41, 5.74) is 4.10. The van der Waals surface area contributed by atoms with Crippen LogP contribution in [-0.2, 0) is 0 Å². The molecule has 0 radical (unpaired) electrons. The summed E-state index contributed by atoms with van der Waals surface area (Å²) in [5, 5.41) is 6.60. The fourth-order valence-corrected chi connectivity index (χ4v) is 2.83. The molecule has 0 amide bonds. The summed E-state index contributed by atoms with van der Waals surface area (Å²) in [6.45, 7) is 8.31. The molecule has 0 saturated carbocycles. The minimum Gasteiger partial charge on any atom is -0.372 e. The summed E-state index contributed by atoms with van der Waals surface area (Å²) in [6, 6.07) is 20.3. The van der Waals surface area contributed by atoms with Crippen molar-refractivity contribution >= 4 is 28.8 Å². The van der Waals surface area contributed by atoms with E-state index in [9.17, 15) is 0 Å². The molecule has 0 atom stereocenters. The van der Waals surface area contributed by atoms with E-state index >= 15 is 0 Å². The number of hydrogen-bond acceptors (Lipinski definition) is 5. The molecule has 3 aromatic rings. The zero-order chi connectivity index (χ0) is 18.4. The van der Waals surface area contributed by atoms with Crippen LogP contribution in [0.5, 0.6) is 0 Å². The first-order valence-electron chi connectivity index (χ1n) is 8.97. The maximum absolute atomic E-state index is 4.57. The Hall–Kier alpha value is -3.08. The molecular weight excluding hydrogens is 322 g/mol. The fourth-order valence-electron chi connectivity index (χ4n) is 2.83. The number of nitrogens with one attached hydrogen (secondary N) is 2. The first kappa shape index (κ1) is 17.7. The Morgan fingerprint density at radius 2 is 1.46 bits per heavy atom. The average molecular weight is 347 g/mol. The van der Waals surface area contributed by atoms with Gasteiger partial charge in [-0.3, -0.25) is 0 Å². The van der Waals surface area contributed by atoms with Crippen LogP contribution < -0.4 is 15.5 Å². The lowest BCUT2D eigenvalue weighted by Gasteiger charge is -2.21. The molecule has 5 nitrogen and oxygen atoms in total. The fraction of sp³-hybridized carbons (Fsp3) is 0.238. The molecular formula is C21H25N5. The minimum absolute atomic E-state index is 0.582. The van der Waals surface area contributed by atoms with Gasteiger partial charge in [-0.05, 0) is 57.2 Å². The summed E-state index contributed by atoms with van der Waals surface area (Å²) in [6.07, 6.45) is 0. The lowest BCUT2D eigenvalue weighted by Crippen LogP contribution is -2.21. The normalized spacial score (nSPS) is 10.4. The molecule has 2 aromatic carbocycles. The third-order valence-electron chi connectivity index (χ3n) is 4.15. The average Bonchev–Trinajstić information content (AvgIpc) is 2.64. The molecule has 0 aliphatic rings. The van der Waals surface area contributed by atoms with Gasteiger partial charge in [-0.1, -0.05) is 18.2 Å². The number of aromatic nitrogens is 2. The van der Waals surface area contributed by atoms with Gasteiger partial charge < -0.3 is 15.5 Å². The molecule has 0 saturated heterocycles. The van der Waals surface area contributed by atoms with Crippen molar-refractivity contribution < 1.29 is 0 Å². The van der Waals surface area contributed by atoms with Gasteiger partial charge in [0.2, 0.25) is 5.95 Å². The standard InChI is InChI=1S/C21H25N5/c1-4-26(5-2)19-13-11-18(12-14-19)23-20-15-16(3)22-21(25-20)24-17-9-7-6-8-10-17/h6-15H,4-5H2,1-3H3,(H2,22,23,24,25). The summed E-state index contributed by atoms with van der Waals surface area (Å²) in [4.78, 5) is 11.4. The van der Waals surface area contributed by atoms with E-state index in [1.165, 1.54) is 5.69 Å². The summed E-state index contributed by atoms with van der Waals surface area (Å²) >= 11 is 0. The van der Waals surface area contributed by atoms with Gasteiger partial charge in [-0.25, -0.2) is 4.98 Å². The second-order valence-electron chi connectivity index (χ2n) is 6.05. The predicted octanol–water partition coefficient (Wildman–Crippen LogP) is 5.12. The molecule has 134 valence electrons. The second kappa shape index (κ2) is 8.34. The summed E-state index contributed by atoms with van der Waals surface area (Å²) < 4.78 is 0. The van der Waals surface area contributed by atoms with Crippen LogP contribution in [0.15, 0.2) is 60.7 Å². The van der Waals surface area contributed by atoms with Crippen molar-refractivity contribution in [1.82, 2.24) is 9.97 Å². The third-order valence-corrected chi connectivity index (χ3v) is 4.15. The van der Waals surface area contributed by atoms with E-state index in [4.69, 9.17) is 0 Å². The smallest absolute Gasteiger partial charge is 0.229 e. The minimum atomic E-state index is 0.582. The molecule has 0 fully saturated rings. The first-order chi connectivity index (χ1) is 12.7. The molecule has 0 spiro atoms. The van der Waals surface area contributed by atoms with Crippen molar-refractivity contribution in [3.8, 4) is 0 Å². The lowest BCUT2D eigenvalue weighted by atomic mass is 10.2. The van der Waals surface area contributed by atoms with Crippen molar-refractivity contribution in [2.75, 3.05) is 28.6 Å². The molecule has 2 N–H and O–H groups in total. The SMILES string of the molecule is CCN(CC)c1ccc(Nc2cc(C)nc(Nc3ccccc3)n2)cc1. The highest BCUT2D eigenvalue weighted by Crippen LogP contribution is 2.22. The van der Waals surface area contributed by atoms with Crippen LogP contribution >= 0.6 is 0 Å². The van der Waals surface area contributed by atoms with Crippen LogP contribution in [0.3, 0.4) is 0 Å². The molecule has 0 aliphatic carbocycles. The molecule has 5 heteroatoms. The zero-order valence-corrected chi connectivity index (χ0v) is 15.5. The van der Waals surface area contributed by atoms with Gasteiger partial charge in [-0.15, -0.1) is 0 Å². The van der Waals surface area contributed by atoms with Crippen LogP contribution in [0, 0.1) is 6.92 Å². The Kier molecular flexibility index (Phi) is 5.69. The van der Waals surface area contributed by atoms with Gasteiger partial charge in [0.1, 0.15) is 5.82 Å². The van der Waals surface area contributed by atoms with Crippen molar-refractivity contribution in [3.63, 3.8) is 0 Å².